The van der Waals surface area contributed by atoms with E-state index in [9.17, 15) is 15.3 Å². The standard InChI is InChI=1S/C22H22N4O4S/c1-12-6-7-13-4-2-3-5-14(13)15(12)9-31-21-17-20(23-10-24-21)26(11-25-17)22-19(29)18(28)16(8-27)30-22/h2-7,10-11,16,18-19,22,27-29H,8-9H2,1H3/t16-,18+,19+,22-/m0/s1. The number of fused-ring (bicyclic) bond motifs is 2. The minimum absolute atomic E-state index is 0.387. The number of nitrogens with zero attached hydrogens (tertiary/aromatic N) is 4. The number of aryl methyl sites for hydroxylation is 1. The number of benzene rings is 2. The molecule has 0 spiro atoms. The van der Waals surface area contributed by atoms with Gasteiger partial charge in [-0.15, -0.1) is 0 Å². The van der Waals surface area contributed by atoms with Crippen LogP contribution in [0.15, 0.2) is 54.1 Å². The molecular weight excluding hydrogens is 416 g/mol. The molecule has 0 amide bonds. The Morgan fingerprint density at radius 3 is 2.71 bits per heavy atom. The van der Waals surface area contributed by atoms with E-state index in [-0.39, 0.29) is 6.61 Å². The smallest absolute Gasteiger partial charge is 0.166 e. The fourth-order valence-corrected chi connectivity index (χ4v) is 5.08. The Hall–Kier alpha value is -2.56. The van der Waals surface area contributed by atoms with Gasteiger partial charge in [-0.25, -0.2) is 15.0 Å². The normalized spacial score (nSPS) is 23.7. The van der Waals surface area contributed by atoms with E-state index >= 15 is 0 Å². The van der Waals surface area contributed by atoms with Crippen molar-refractivity contribution in [1.29, 1.82) is 0 Å². The molecule has 160 valence electrons. The maximum Gasteiger partial charge on any atom is 0.166 e. The molecular formula is C22H22N4O4S. The molecule has 8 nitrogen and oxygen atoms in total. The number of imidazole rings is 1. The first-order valence-electron chi connectivity index (χ1n) is 9.98. The van der Waals surface area contributed by atoms with Gasteiger partial charge in [0.05, 0.1) is 12.9 Å². The summed E-state index contributed by atoms with van der Waals surface area (Å²) in [6.07, 6.45) is -1.14. The van der Waals surface area contributed by atoms with Crippen LogP contribution in [0.2, 0.25) is 0 Å². The summed E-state index contributed by atoms with van der Waals surface area (Å²) in [6, 6.07) is 12.6. The molecule has 4 atom stereocenters. The summed E-state index contributed by atoms with van der Waals surface area (Å²) in [5.41, 5.74) is 3.57. The second kappa shape index (κ2) is 8.18. The lowest BCUT2D eigenvalue weighted by atomic mass is 10.0. The highest BCUT2D eigenvalue weighted by atomic mass is 32.2. The molecule has 1 saturated heterocycles. The van der Waals surface area contributed by atoms with E-state index in [4.69, 9.17) is 4.74 Å². The maximum atomic E-state index is 10.4. The Balaban J connectivity index is 1.46. The van der Waals surface area contributed by atoms with Gasteiger partial charge in [0.15, 0.2) is 11.9 Å². The van der Waals surface area contributed by atoms with Crippen molar-refractivity contribution >= 4 is 33.7 Å². The average molecular weight is 439 g/mol. The zero-order chi connectivity index (χ0) is 21.5. The fraction of sp³-hybridized carbons (Fsp3) is 0.318. The van der Waals surface area contributed by atoms with Crippen LogP contribution >= 0.6 is 11.8 Å². The Morgan fingerprint density at radius 1 is 1.06 bits per heavy atom. The lowest BCUT2D eigenvalue weighted by molar-refractivity contribution is -0.0511. The second-order valence-electron chi connectivity index (χ2n) is 7.60. The predicted octanol–water partition coefficient (Wildman–Crippen LogP) is 2.19. The number of hydrogen-bond acceptors (Lipinski definition) is 8. The van der Waals surface area contributed by atoms with Crippen LogP contribution < -0.4 is 0 Å². The molecule has 5 rings (SSSR count). The largest absolute Gasteiger partial charge is 0.394 e. The van der Waals surface area contributed by atoms with Gasteiger partial charge in [0.2, 0.25) is 0 Å². The molecule has 1 fully saturated rings. The quantitative estimate of drug-likeness (QED) is 0.321. The van der Waals surface area contributed by atoms with Gasteiger partial charge in [0, 0.05) is 5.75 Å². The van der Waals surface area contributed by atoms with Gasteiger partial charge in [-0.3, -0.25) is 4.57 Å². The van der Waals surface area contributed by atoms with Gasteiger partial charge >= 0.3 is 0 Å². The summed E-state index contributed by atoms with van der Waals surface area (Å²) >= 11 is 1.57. The van der Waals surface area contributed by atoms with Crippen molar-refractivity contribution in [2.75, 3.05) is 6.61 Å². The molecule has 2 aromatic heterocycles. The minimum atomic E-state index is -1.20. The maximum absolute atomic E-state index is 10.4. The minimum Gasteiger partial charge on any atom is -0.394 e. The first kappa shape index (κ1) is 20.3. The Morgan fingerprint density at radius 2 is 1.90 bits per heavy atom. The van der Waals surface area contributed by atoms with Gasteiger partial charge in [0.1, 0.15) is 35.2 Å². The summed E-state index contributed by atoms with van der Waals surface area (Å²) in [4.78, 5) is 13.2. The van der Waals surface area contributed by atoms with Crippen LogP contribution in [0.4, 0.5) is 0 Å². The molecule has 0 radical (unpaired) electrons. The van der Waals surface area contributed by atoms with E-state index in [2.05, 4.69) is 46.1 Å². The number of hydrogen-bond donors (Lipinski definition) is 3. The third kappa shape index (κ3) is 3.48. The van der Waals surface area contributed by atoms with Gasteiger partial charge < -0.3 is 20.1 Å². The summed E-state index contributed by atoms with van der Waals surface area (Å²) in [5, 5.41) is 32.9. The van der Waals surface area contributed by atoms with Crippen molar-refractivity contribution in [2.24, 2.45) is 0 Å². The SMILES string of the molecule is Cc1ccc2ccccc2c1CSc1ncnc2c1ncn2[C@H]1O[C@@H](CO)[C@@H](O)[C@H]1O. The summed E-state index contributed by atoms with van der Waals surface area (Å²) in [5.74, 6) is 0.722. The monoisotopic (exact) mass is 438 g/mol. The number of rotatable bonds is 5. The number of aliphatic hydroxyl groups is 3. The molecule has 3 N–H and O–H groups in total. The number of aromatic nitrogens is 4. The first-order valence-corrected chi connectivity index (χ1v) is 11.0. The Labute approximate surface area is 182 Å². The van der Waals surface area contributed by atoms with Gasteiger partial charge in [-0.1, -0.05) is 48.2 Å². The summed E-state index contributed by atoms with van der Waals surface area (Å²) < 4.78 is 7.20. The zero-order valence-electron chi connectivity index (χ0n) is 16.8. The molecule has 31 heavy (non-hydrogen) atoms. The molecule has 4 aromatic rings. The third-order valence-electron chi connectivity index (χ3n) is 5.74. The van der Waals surface area contributed by atoms with Crippen molar-refractivity contribution in [3.63, 3.8) is 0 Å². The van der Waals surface area contributed by atoms with E-state index < -0.39 is 24.5 Å². The van der Waals surface area contributed by atoms with Crippen molar-refractivity contribution in [3.05, 3.63) is 60.2 Å². The topological polar surface area (TPSA) is 114 Å². The van der Waals surface area contributed by atoms with Crippen molar-refractivity contribution < 1.29 is 20.1 Å². The lowest BCUT2D eigenvalue weighted by Gasteiger charge is -2.16. The molecule has 1 aliphatic heterocycles. The molecule has 3 heterocycles. The number of ether oxygens (including phenoxy) is 1. The van der Waals surface area contributed by atoms with Gasteiger partial charge in [-0.05, 0) is 28.8 Å². The third-order valence-corrected chi connectivity index (χ3v) is 6.75. The molecule has 2 aromatic carbocycles. The summed E-state index contributed by atoms with van der Waals surface area (Å²) in [7, 11) is 0. The highest BCUT2D eigenvalue weighted by Gasteiger charge is 2.44. The first-order chi connectivity index (χ1) is 15.1. The van der Waals surface area contributed by atoms with E-state index in [0.717, 1.165) is 10.8 Å². The summed E-state index contributed by atoms with van der Waals surface area (Å²) in [6.45, 7) is 1.72. The Bertz CT molecular complexity index is 1250. The van der Waals surface area contributed by atoms with Crippen LogP contribution in [0.3, 0.4) is 0 Å². The van der Waals surface area contributed by atoms with Crippen molar-refractivity contribution in [2.45, 2.75) is 42.2 Å². The fourth-order valence-electron chi connectivity index (χ4n) is 4.01. The van der Waals surface area contributed by atoms with Gasteiger partial charge in [0.25, 0.3) is 0 Å². The number of thioether (sulfide) groups is 1. The molecule has 1 aliphatic rings. The van der Waals surface area contributed by atoms with E-state index in [1.54, 1.807) is 16.3 Å². The Kier molecular flexibility index (Phi) is 5.37. The van der Waals surface area contributed by atoms with Crippen LogP contribution in [0.5, 0.6) is 0 Å². The van der Waals surface area contributed by atoms with E-state index in [1.165, 1.54) is 34.6 Å². The average Bonchev–Trinajstić information content (AvgIpc) is 3.34. The highest BCUT2D eigenvalue weighted by Crippen LogP contribution is 2.34. The van der Waals surface area contributed by atoms with Crippen molar-refractivity contribution in [1.82, 2.24) is 19.5 Å². The lowest BCUT2D eigenvalue weighted by Crippen LogP contribution is -2.33. The molecule has 0 bridgehead atoms. The van der Waals surface area contributed by atoms with Crippen LogP contribution in [0.1, 0.15) is 17.4 Å². The molecule has 0 unspecified atom stereocenters. The van der Waals surface area contributed by atoms with E-state index in [0.29, 0.717) is 11.2 Å². The van der Waals surface area contributed by atoms with E-state index in [1.807, 2.05) is 12.1 Å². The van der Waals surface area contributed by atoms with Crippen molar-refractivity contribution in [3.8, 4) is 0 Å². The zero-order valence-corrected chi connectivity index (χ0v) is 17.6. The van der Waals surface area contributed by atoms with Crippen LogP contribution in [-0.4, -0.2) is 59.8 Å². The van der Waals surface area contributed by atoms with Crippen LogP contribution in [0.25, 0.3) is 21.9 Å². The molecule has 0 saturated carbocycles. The second-order valence-corrected chi connectivity index (χ2v) is 8.57. The highest BCUT2D eigenvalue weighted by molar-refractivity contribution is 7.98. The van der Waals surface area contributed by atoms with Gasteiger partial charge in [-0.2, -0.15) is 0 Å². The van der Waals surface area contributed by atoms with Crippen LogP contribution in [-0.2, 0) is 10.5 Å². The molecule has 9 heteroatoms. The predicted molar refractivity (Wildman–Crippen MR) is 117 cm³/mol. The molecule has 0 aliphatic carbocycles. The number of aliphatic hydroxyl groups excluding tert-OH is 3. The van der Waals surface area contributed by atoms with Crippen LogP contribution in [0, 0.1) is 6.92 Å².